The molecule has 0 aliphatic heterocycles. The molecule has 0 fully saturated rings. The highest BCUT2D eigenvalue weighted by Crippen LogP contribution is 2.23. The van der Waals surface area contributed by atoms with Gasteiger partial charge in [0, 0.05) is 33.2 Å². The van der Waals surface area contributed by atoms with Crippen molar-refractivity contribution in [3.63, 3.8) is 0 Å². The fraction of sp³-hybridized carbons (Fsp3) is 0.667. The Balaban J connectivity index is 2.34. The van der Waals surface area contributed by atoms with E-state index in [1.54, 1.807) is 17.6 Å². The number of hydrogen-bond donors (Lipinski definition) is 1. The molecule has 0 saturated carbocycles. The quantitative estimate of drug-likeness (QED) is 0.851. The molecule has 0 aliphatic carbocycles. The van der Waals surface area contributed by atoms with Crippen LogP contribution in [0.15, 0.2) is 11.4 Å². The van der Waals surface area contributed by atoms with Gasteiger partial charge in [-0.05, 0) is 43.8 Å². The monoisotopic (exact) mass is 259 g/mol. The standard InChI is InChI=1S/C12H21NOS2/c1-9-6-8-15-12(9)11(3)13-7-5-10(2)16(4)14/h6,8,10-11,13H,5,7H2,1-4H3/t10-,11+,16+/m1/s1. The molecular formula is C12H21NOS2. The van der Waals surface area contributed by atoms with Crippen molar-refractivity contribution in [2.75, 3.05) is 12.8 Å². The summed E-state index contributed by atoms with van der Waals surface area (Å²) >= 11 is 1.80. The normalized spacial score (nSPS) is 17.0. The van der Waals surface area contributed by atoms with Crippen molar-refractivity contribution in [1.82, 2.24) is 5.32 Å². The molecule has 0 saturated heterocycles. The molecule has 3 atom stereocenters. The Labute approximate surface area is 105 Å². The predicted octanol–water partition coefficient (Wildman–Crippen LogP) is 2.86. The van der Waals surface area contributed by atoms with Gasteiger partial charge in [-0.3, -0.25) is 4.21 Å². The first kappa shape index (κ1) is 13.9. The molecule has 1 aromatic rings. The summed E-state index contributed by atoms with van der Waals surface area (Å²) in [7, 11) is -0.704. The molecule has 1 N–H and O–H groups in total. The average molecular weight is 259 g/mol. The van der Waals surface area contributed by atoms with E-state index < -0.39 is 10.8 Å². The smallest absolute Gasteiger partial charge is 0.0388 e. The Morgan fingerprint density at radius 2 is 2.19 bits per heavy atom. The van der Waals surface area contributed by atoms with Crippen LogP contribution < -0.4 is 5.32 Å². The van der Waals surface area contributed by atoms with E-state index in [1.165, 1.54) is 10.4 Å². The second-order valence-corrected chi connectivity index (χ2v) is 6.99. The fourth-order valence-corrected chi connectivity index (χ4v) is 3.00. The van der Waals surface area contributed by atoms with E-state index in [2.05, 4.69) is 30.6 Å². The molecule has 1 rings (SSSR count). The molecule has 0 amide bonds. The minimum atomic E-state index is -0.704. The lowest BCUT2D eigenvalue weighted by Gasteiger charge is -2.15. The molecule has 0 aliphatic rings. The van der Waals surface area contributed by atoms with Gasteiger partial charge in [-0.1, -0.05) is 6.92 Å². The Hall–Kier alpha value is -0.190. The van der Waals surface area contributed by atoms with Crippen molar-refractivity contribution in [2.24, 2.45) is 0 Å². The Kier molecular flexibility index (Phi) is 5.66. The average Bonchev–Trinajstić information content (AvgIpc) is 2.64. The van der Waals surface area contributed by atoms with Crippen molar-refractivity contribution < 1.29 is 4.21 Å². The van der Waals surface area contributed by atoms with E-state index in [1.807, 2.05) is 6.92 Å². The zero-order chi connectivity index (χ0) is 12.1. The zero-order valence-corrected chi connectivity index (χ0v) is 12.1. The summed E-state index contributed by atoms with van der Waals surface area (Å²) in [6.07, 6.45) is 2.75. The summed E-state index contributed by atoms with van der Waals surface area (Å²) in [6, 6.07) is 2.56. The van der Waals surface area contributed by atoms with Crippen LogP contribution in [-0.2, 0) is 10.8 Å². The van der Waals surface area contributed by atoms with Gasteiger partial charge in [-0.25, -0.2) is 0 Å². The summed E-state index contributed by atoms with van der Waals surface area (Å²) in [5.74, 6) is 0. The van der Waals surface area contributed by atoms with Crippen molar-refractivity contribution in [3.8, 4) is 0 Å². The minimum absolute atomic E-state index is 0.282. The van der Waals surface area contributed by atoms with Crippen LogP contribution in [0.2, 0.25) is 0 Å². The topological polar surface area (TPSA) is 29.1 Å². The largest absolute Gasteiger partial charge is 0.309 e. The first-order valence-electron chi connectivity index (χ1n) is 5.62. The van der Waals surface area contributed by atoms with Crippen LogP contribution in [0.3, 0.4) is 0 Å². The highest BCUT2D eigenvalue weighted by atomic mass is 32.2. The van der Waals surface area contributed by atoms with Gasteiger partial charge >= 0.3 is 0 Å². The van der Waals surface area contributed by atoms with Gasteiger partial charge in [0.15, 0.2) is 0 Å². The summed E-state index contributed by atoms with van der Waals surface area (Å²) in [4.78, 5) is 1.41. The zero-order valence-electron chi connectivity index (χ0n) is 10.4. The molecule has 0 unspecified atom stereocenters. The lowest BCUT2D eigenvalue weighted by Crippen LogP contribution is -2.23. The van der Waals surface area contributed by atoms with E-state index in [9.17, 15) is 4.21 Å². The van der Waals surface area contributed by atoms with Crippen molar-refractivity contribution in [2.45, 2.75) is 38.5 Å². The molecule has 2 nitrogen and oxygen atoms in total. The van der Waals surface area contributed by atoms with Crippen LogP contribution in [0.4, 0.5) is 0 Å². The van der Waals surface area contributed by atoms with Crippen molar-refractivity contribution >= 4 is 22.1 Å². The van der Waals surface area contributed by atoms with Crippen LogP contribution in [0.1, 0.15) is 36.8 Å². The van der Waals surface area contributed by atoms with E-state index in [0.717, 1.165) is 13.0 Å². The van der Waals surface area contributed by atoms with Gasteiger partial charge in [-0.15, -0.1) is 11.3 Å². The van der Waals surface area contributed by atoms with E-state index in [4.69, 9.17) is 0 Å². The third kappa shape index (κ3) is 4.00. The molecule has 0 aromatic carbocycles. The molecule has 92 valence electrons. The van der Waals surface area contributed by atoms with Gasteiger partial charge in [0.1, 0.15) is 0 Å². The van der Waals surface area contributed by atoms with Crippen LogP contribution in [-0.4, -0.2) is 22.3 Å². The molecular weight excluding hydrogens is 238 g/mol. The Morgan fingerprint density at radius 1 is 1.50 bits per heavy atom. The molecule has 0 spiro atoms. The van der Waals surface area contributed by atoms with Crippen molar-refractivity contribution in [1.29, 1.82) is 0 Å². The third-order valence-corrected chi connectivity index (χ3v) is 5.43. The number of thiophene rings is 1. The van der Waals surface area contributed by atoms with Crippen molar-refractivity contribution in [3.05, 3.63) is 21.9 Å². The number of nitrogens with one attached hydrogen (secondary N) is 1. The molecule has 0 bridgehead atoms. The molecule has 16 heavy (non-hydrogen) atoms. The summed E-state index contributed by atoms with van der Waals surface area (Å²) in [5, 5.41) is 5.90. The van der Waals surface area contributed by atoms with Crippen LogP contribution >= 0.6 is 11.3 Å². The van der Waals surface area contributed by atoms with Crippen LogP contribution in [0.5, 0.6) is 0 Å². The predicted molar refractivity (Wildman–Crippen MR) is 73.6 cm³/mol. The number of rotatable bonds is 6. The Bertz CT molecular complexity index is 349. The molecule has 0 radical (unpaired) electrons. The Morgan fingerprint density at radius 3 is 2.69 bits per heavy atom. The summed E-state index contributed by atoms with van der Waals surface area (Å²) in [6.45, 7) is 7.30. The van der Waals surface area contributed by atoms with Gasteiger partial charge in [0.25, 0.3) is 0 Å². The third-order valence-electron chi connectivity index (χ3n) is 2.86. The van der Waals surface area contributed by atoms with Gasteiger partial charge in [0.05, 0.1) is 0 Å². The molecule has 1 aromatic heterocycles. The van der Waals surface area contributed by atoms with E-state index in [0.29, 0.717) is 6.04 Å². The highest BCUT2D eigenvalue weighted by molar-refractivity contribution is 7.84. The van der Waals surface area contributed by atoms with Gasteiger partial charge in [-0.2, -0.15) is 0 Å². The van der Waals surface area contributed by atoms with Gasteiger partial charge in [0.2, 0.25) is 0 Å². The first-order chi connectivity index (χ1) is 7.52. The fourth-order valence-electron chi connectivity index (χ4n) is 1.59. The SMILES string of the molecule is Cc1ccsc1[C@H](C)NCC[C@@H](C)[S@](C)=O. The van der Waals surface area contributed by atoms with E-state index >= 15 is 0 Å². The van der Waals surface area contributed by atoms with Gasteiger partial charge < -0.3 is 5.32 Å². The highest BCUT2D eigenvalue weighted by Gasteiger charge is 2.10. The minimum Gasteiger partial charge on any atom is -0.309 e. The van der Waals surface area contributed by atoms with E-state index in [-0.39, 0.29) is 5.25 Å². The summed E-state index contributed by atoms with van der Waals surface area (Å²) < 4.78 is 11.2. The van der Waals surface area contributed by atoms with Crippen LogP contribution in [0, 0.1) is 6.92 Å². The lowest BCUT2D eigenvalue weighted by molar-refractivity contribution is 0.558. The maximum Gasteiger partial charge on any atom is 0.0388 e. The van der Waals surface area contributed by atoms with Crippen LogP contribution in [0.25, 0.3) is 0 Å². The maximum absolute atomic E-state index is 11.2. The summed E-state index contributed by atoms with van der Waals surface area (Å²) in [5.41, 5.74) is 1.36. The second kappa shape index (κ2) is 6.52. The molecule has 4 heteroatoms. The first-order valence-corrected chi connectivity index (χ1v) is 8.12. The number of hydrogen-bond acceptors (Lipinski definition) is 3. The maximum atomic E-state index is 11.2. The number of aryl methyl sites for hydroxylation is 1. The second-order valence-electron chi connectivity index (χ2n) is 4.24. The molecule has 1 heterocycles. The lowest BCUT2D eigenvalue weighted by atomic mass is 10.2.